The summed E-state index contributed by atoms with van der Waals surface area (Å²) in [7, 11) is 0. The molecule has 2 N–H and O–H groups in total. The van der Waals surface area contributed by atoms with Gasteiger partial charge < -0.3 is 15.3 Å². The number of aryl methyl sites for hydroxylation is 1. The molecule has 2 aliphatic carbocycles. The van der Waals surface area contributed by atoms with Gasteiger partial charge in [-0.1, -0.05) is 24.4 Å². The Morgan fingerprint density at radius 3 is 2.81 bits per heavy atom. The summed E-state index contributed by atoms with van der Waals surface area (Å²) in [4.78, 5) is 10.4. The Kier molecular flexibility index (Phi) is 4.07. The monoisotopic (exact) mass is 369 g/mol. The lowest BCUT2D eigenvalue weighted by atomic mass is 9.74. The molecular weight excluding hydrogens is 342 g/mol. The first-order valence-electron chi connectivity index (χ1n) is 10.2. The second kappa shape index (κ2) is 6.48. The van der Waals surface area contributed by atoms with Gasteiger partial charge in [0.1, 0.15) is 5.60 Å². The SMILES string of the molecule is CCn1ncc2c(NC3CCCCC3)c(C3=NOC4(C3)CC(O)C4)cnc21. The predicted octanol–water partition coefficient (Wildman–Crippen LogP) is 3.21. The van der Waals surface area contributed by atoms with E-state index in [0.29, 0.717) is 18.9 Å². The van der Waals surface area contributed by atoms with Crippen molar-refractivity contribution in [2.75, 3.05) is 5.32 Å². The van der Waals surface area contributed by atoms with Crippen LogP contribution in [0.4, 0.5) is 5.69 Å². The molecule has 2 aromatic heterocycles. The summed E-state index contributed by atoms with van der Waals surface area (Å²) < 4.78 is 1.93. The van der Waals surface area contributed by atoms with Crippen molar-refractivity contribution >= 4 is 22.4 Å². The number of aliphatic hydroxyl groups is 1. The first-order valence-corrected chi connectivity index (χ1v) is 10.2. The molecule has 3 aliphatic rings. The predicted molar refractivity (Wildman–Crippen MR) is 104 cm³/mol. The molecule has 5 rings (SSSR count). The number of hydrogen-bond acceptors (Lipinski definition) is 6. The number of hydrogen-bond donors (Lipinski definition) is 2. The fourth-order valence-corrected chi connectivity index (χ4v) is 4.77. The van der Waals surface area contributed by atoms with Gasteiger partial charge in [-0.2, -0.15) is 5.10 Å². The lowest BCUT2D eigenvalue weighted by Crippen LogP contribution is -2.47. The molecule has 1 spiro atoms. The summed E-state index contributed by atoms with van der Waals surface area (Å²) in [5.41, 5.74) is 3.64. The number of anilines is 1. The molecule has 3 heterocycles. The maximum absolute atomic E-state index is 9.71. The zero-order valence-corrected chi connectivity index (χ0v) is 15.8. The van der Waals surface area contributed by atoms with Gasteiger partial charge >= 0.3 is 0 Å². The second-order valence-electron chi connectivity index (χ2n) is 8.27. The van der Waals surface area contributed by atoms with Crippen molar-refractivity contribution < 1.29 is 9.94 Å². The molecule has 7 heteroatoms. The molecule has 0 unspecified atom stereocenters. The quantitative estimate of drug-likeness (QED) is 0.864. The molecule has 0 bridgehead atoms. The normalized spacial score (nSPS) is 28.2. The smallest absolute Gasteiger partial charge is 0.159 e. The van der Waals surface area contributed by atoms with Crippen molar-refractivity contribution in [2.45, 2.75) is 82.6 Å². The highest BCUT2D eigenvalue weighted by molar-refractivity contribution is 6.10. The van der Waals surface area contributed by atoms with Crippen molar-refractivity contribution in [3.63, 3.8) is 0 Å². The number of aromatic nitrogens is 3. The number of oxime groups is 1. The van der Waals surface area contributed by atoms with Crippen LogP contribution < -0.4 is 5.32 Å². The average molecular weight is 369 g/mol. The fraction of sp³-hybridized carbons (Fsp3) is 0.650. The van der Waals surface area contributed by atoms with Gasteiger partial charge in [-0.05, 0) is 19.8 Å². The molecule has 0 saturated heterocycles. The number of rotatable bonds is 4. The van der Waals surface area contributed by atoms with Crippen LogP contribution in [-0.2, 0) is 11.4 Å². The van der Waals surface area contributed by atoms with Crippen LogP contribution in [0, 0.1) is 0 Å². The maximum atomic E-state index is 9.71. The maximum Gasteiger partial charge on any atom is 0.159 e. The second-order valence-corrected chi connectivity index (χ2v) is 8.27. The number of fused-ring (bicyclic) bond motifs is 1. The molecule has 0 amide bonds. The van der Waals surface area contributed by atoms with Gasteiger partial charge in [-0.3, -0.25) is 0 Å². The summed E-state index contributed by atoms with van der Waals surface area (Å²) in [6.07, 6.45) is 11.9. The standard InChI is InChI=1S/C20H27N5O2/c1-2-25-19-16(12-22-25)18(23-13-6-4-3-5-7-13)15(11-21-19)17-10-20(27-24-17)8-14(26)9-20/h11-14,26H,2-10H2,1H3,(H,21,23). The molecule has 7 nitrogen and oxygen atoms in total. The third-order valence-corrected chi connectivity index (χ3v) is 6.28. The van der Waals surface area contributed by atoms with E-state index < -0.39 is 0 Å². The Labute approximate surface area is 158 Å². The minimum absolute atomic E-state index is 0.261. The summed E-state index contributed by atoms with van der Waals surface area (Å²) >= 11 is 0. The van der Waals surface area contributed by atoms with Crippen LogP contribution >= 0.6 is 0 Å². The summed E-state index contributed by atoms with van der Waals surface area (Å²) in [6.45, 7) is 2.88. The molecule has 2 fully saturated rings. The molecule has 0 atom stereocenters. The van der Waals surface area contributed by atoms with E-state index in [1.807, 2.05) is 17.1 Å². The van der Waals surface area contributed by atoms with Crippen LogP contribution in [0.25, 0.3) is 11.0 Å². The lowest BCUT2D eigenvalue weighted by Gasteiger charge is -2.39. The molecule has 1 aliphatic heterocycles. The van der Waals surface area contributed by atoms with Crippen molar-refractivity contribution in [2.24, 2.45) is 5.16 Å². The topological polar surface area (TPSA) is 84.6 Å². The van der Waals surface area contributed by atoms with Crippen LogP contribution in [-0.4, -0.2) is 43.3 Å². The van der Waals surface area contributed by atoms with E-state index in [0.717, 1.165) is 41.0 Å². The molecular formula is C20H27N5O2. The highest BCUT2D eigenvalue weighted by Gasteiger charge is 2.50. The summed E-state index contributed by atoms with van der Waals surface area (Å²) in [6, 6.07) is 0.482. The average Bonchev–Trinajstić information content (AvgIpc) is 3.27. The lowest BCUT2D eigenvalue weighted by molar-refractivity contribution is -0.137. The highest BCUT2D eigenvalue weighted by atomic mass is 16.7. The number of nitrogens with one attached hydrogen (secondary N) is 1. The summed E-state index contributed by atoms with van der Waals surface area (Å²) in [5, 5.41) is 23.5. The van der Waals surface area contributed by atoms with E-state index in [4.69, 9.17) is 9.82 Å². The van der Waals surface area contributed by atoms with Crippen LogP contribution in [0.1, 0.15) is 63.9 Å². The molecule has 2 saturated carbocycles. The molecule has 2 aromatic rings. The highest BCUT2D eigenvalue weighted by Crippen LogP contribution is 2.44. The number of aliphatic hydroxyl groups excluding tert-OH is 1. The van der Waals surface area contributed by atoms with Crippen molar-refractivity contribution in [1.82, 2.24) is 14.8 Å². The Balaban J connectivity index is 1.52. The van der Waals surface area contributed by atoms with Crippen LogP contribution in [0.5, 0.6) is 0 Å². The van der Waals surface area contributed by atoms with E-state index in [2.05, 4.69) is 22.5 Å². The van der Waals surface area contributed by atoms with Crippen LogP contribution in [0.2, 0.25) is 0 Å². The van der Waals surface area contributed by atoms with Crippen LogP contribution in [0.3, 0.4) is 0 Å². The van der Waals surface area contributed by atoms with Gasteiger partial charge in [0.05, 0.1) is 29.1 Å². The third-order valence-electron chi connectivity index (χ3n) is 6.28. The van der Waals surface area contributed by atoms with E-state index in [1.165, 1.54) is 32.1 Å². The Morgan fingerprint density at radius 1 is 1.26 bits per heavy atom. The van der Waals surface area contributed by atoms with E-state index >= 15 is 0 Å². The minimum Gasteiger partial charge on any atom is -0.393 e. The van der Waals surface area contributed by atoms with Crippen molar-refractivity contribution in [1.29, 1.82) is 0 Å². The van der Waals surface area contributed by atoms with E-state index in [-0.39, 0.29) is 11.7 Å². The van der Waals surface area contributed by atoms with Gasteiger partial charge in [0.2, 0.25) is 0 Å². The van der Waals surface area contributed by atoms with Gasteiger partial charge in [0.15, 0.2) is 5.65 Å². The van der Waals surface area contributed by atoms with Crippen molar-refractivity contribution in [3.05, 3.63) is 18.0 Å². The zero-order chi connectivity index (χ0) is 18.4. The Morgan fingerprint density at radius 2 is 2.07 bits per heavy atom. The fourth-order valence-electron chi connectivity index (χ4n) is 4.77. The number of nitrogens with zero attached hydrogens (tertiary/aromatic N) is 4. The van der Waals surface area contributed by atoms with Gasteiger partial charge in [-0.25, -0.2) is 9.67 Å². The van der Waals surface area contributed by atoms with Crippen LogP contribution in [0.15, 0.2) is 17.5 Å². The molecule has 144 valence electrons. The first kappa shape index (κ1) is 17.0. The van der Waals surface area contributed by atoms with Gasteiger partial charge in [0.25, 0.3) is 0 Å². The Bertz CT molecular complexity index is 878. The van der Waals surface area contributed by atoms with Crippen molar-refractivity contribution in [3.8, 4) is 0 Å². The molecule has 0 aromatic carbocycles. The minimum atomic E-state index is -0.306. The Hall–Kier alpha value is -2.15. The van der Waals surface area contributed by atoms with E-state index in [1.54, 1.807) is 0 Å². The number of pyridine rings is 1. The third kappa shape index (κ3) is 2.88. The molecule has 27 heavy (non-hydrogen) atoms. The van der Waals surface area contributed by atoms with Gasteiger partial charge in [-0.15, -0.1) is 0 Å². The first-order chi connectivity index (χ1) is 13.2. The van der Waals surface area contributed by atoms with E-state index in [9.17, 15) is 5.11 Å². The summed E-state index contributed by atoms with van der Waals surface area (Å²) in [5.74, 6) is 0. The largest absolute Gasteiger partial charge is 0.393 e. The van der Waals surface area contributed by atoms with Gasteiger partial charge in [0, 0.05) is 43.6 Å². The molecule has 0 radical (unpaired) electrons. The zero-order valence-electron chi connectivity index (χ0n) is 15.8.